The summed E-state index contributed by atoms with van der Waals surface area (Å²) < 4.78 is 30.0. The van der Waals surface area contributed by atoms with E-state index in [4.69, 9.17) is 25.5 Å². The number of aliphatic hydroxyl groups is 1. The molecule has 0 aromatic carbocycles. The van der Waals surface area contributed by atoms with Gasteiger partial charge >= 0.3 is 7.60 Å². The van der Waals surface area contributed by atoms with Gasteiger partial charge in [0.2, 0.25) is 5.95 Å². The summed E-state index contributed by atoms with van der Waals surface area (Å²) in [4.78, 5) is 22.2. The lowest BCUT2D eigenvalue weighted by atomic mass is 10.0. The number of fused-ring (bicyclic) bond motifs is 1. The fraction of sp³-hybridized carbons (Fsp3) is 0.828. The monoisotopic (exact) mass is 614 g/mol. The SMILES string of the molecule is CCCCCCCCCCCCCCCCCCOCCOP(=O)(O)CO[C@H](CO)Cn1cnc2c(N)nc(N)nc21. The van der Waals surface area contributed by atoms with Gasteiger partial charge in [-0.15, -0.1) is 0 Å². The van der Waals surface area contributed by atoms with Crippen LogP contribution in [-0.4, -0.2) is 68.4 Å². The largest absolute Gasteiger partial charge is 0.394 e. The van der Waals surface area contributed by atoms with Crippen LogP contribution in [0.4, 0.5) is 11.8 Å². The molecule has 0 saturated carbocycles. The first-order valence-electron chi connectivity index (χ1n) is 15.9. The highest BCUT2D eigenvalue weighted by Crippen LogP contribution is 2.41. The van der Waals surface area contributed by atoms with Crippen LogP contribution in [0.5, 0.6) is 0 Å². The Bertz CT molecular complexity index is 1030. The number of aliphatic hydroxyl groups excluding tert-OH is 1. The first-order valence-corrected chi connectivity index (χ1v) is 17.6. The molecular weight excluding hydrogens is 559 g/mol. The Morgan fingerprint density at radius 2 is 1.43 bits per heavy atom. The lowest BCUT2D eigenvalue weighted by Gasteiger charge is -2.19. The van der Waals surface area contributed by atoms with Gasteiger partial charge in [0.05, 0.1) is 38.8 Å². The van der Waals surface area contributed by atoms with Crippen molar-refractivity contribution in [1.29, 1.82) is 0 Å². The minimum Gasteiger partial charge on any atom is -0.394 e. The predicted molar refractivity (Wildman–Crippen MR) is 167 cm³/mol. The second-order valence-corrected chi connectivity index (χ2v) is 12.8. The molecule has 42 heavy (non-hydrogen) atoms. The average Bonchev–Trinajstić information content (AvgIpc) is 3.36. The molecule has 0 bridgehead atoms. The van der Waals surface area contributed by atoms with E-state index in [0.717, 1.165) is 12.8 Å². The molecule has 2 heterocycles. The Kier molecular flexibility index (Phi) is 18.9. The number of imidazole rings is 1. The maximum atomic E-state index is 12.3. The van der Waals surface area contributed by atoms with Crippen molar-refractivity contribution in [2.45, 2.75) is 122 Å². The Balaban J connectivity index is 1.42. The molecule has 0 saturated heterocycles. The van der Waals surface area contributed by atoms with Gasteiger partial charge < -0.3 is 40.0 Å². The molecule has 242 valence electrons. The molecule has 0 aliphatic carbocycles. The number of rotatable bonds is 27. The van der Waals surface area contributed by atoms with E-state index in [1.165, 1.54) is 96.2 Å². The topological polar surface area (TPSA) is 181 Å². The van der Waals surface area contributed by atoms with Crippen molar-refractivity contribution in [3.8, 4) is 0 Å². The third-order valence-corrected chi connectivity index (χ3v) is 8.31. The van der Waals surface area contributed by atoms with Gasteiger partial charge in [0.1, 0.15) is 11.9 Å². The molecule has 0 aliphatic heterocycles. The number of aromatic nitrogens is 4. The molecule has 0 aliphatic rings. The van der Waals surface area contributed by atoms with E-state index >= 15 is 0 Å². The van der Waals surface area contributed by atoms with Crippen LogP contribution in [0.3, 0.4) is 0 Å². The molecule has 2 aromatic rings. The number of nitrogens with zero attached hydrogens (tertiary/aromatic N) is 4. The molecule has 6 N–H and O–H groups in total. The molecule has 13 heteroatoms. The smallest absolute Gasteiger partial charge is 0.353 e. The van der Waals surface area contributed by atoms with Crippen LogP contribution in [0.1, 0.15) is 110 Å². The van der Waals surface area contributed by atoms with Gasteiger partial charge in [0.25, 0.3) is 0 Å². The molecule has 0 radical (unpaired) electrons. The summed E-state index contributed by atoms with van der Waals surface area (Å²) in [5.74, 6) is 0.136. The summed E-state index contributed by atoms with van der Waals surface area (Å²) in [6.07, 6.45) is 21.3. The minimum absolute atomic E-state index is 0.00601. The minimum atomic E-state index is -4.01. The molecule has 2 aromatic heterocycles. The Labute approximate surface area is 251 Å². The average molecular weight is 615 g/mol. The zero-order valence-electron chi connectivity index (χ0n) is 25.6. The van der Waals surface area contributed by atoms with Gasteiger partial charge in [-0.25, -0.2) is 4.98 Å². The maximum Gasteiger partial charge on any atom is 0.353 e. The van der Waals surface area contributed by atoms with Crippen LogP contribution in [0.2, 0.25) is 0 Å². The summed E-state index contributed by atoms with van der Waals surface area (Å²) in [5, 5.41) is 9.68. The number of nitrogen functional groups attached to an aromatic ring is 2. The molecule has 2 atom stereocenters. The third kappa shape index (κ3) is 15.6. The molecule has 0 amide bonds. The molecule has 0 fully saturated rings. The Hall–Kier alpha value is -1.82. The van der Waals surface area contributed by atoms with E-state index in [2.05, 4.69) is 21.9 Å². The van der Waals surface area contributed by atoms with E-state index in [-0.39, 0.29) is 31.5 Å². The first kappa shape index (κ1) is 36.4. The summed E-state index contributed by atoms with van der Waals surface area (Å²) in [6.45, 7) is 2.82. The number of unbranched alkanes of at least 4 members (excludes halogenated alkanes) is 15. The van der Waals surface area contributed by atoms with Gasteiger partial charge in [-0.2, -0.15) is 9.97 Å². The van der Waals surface area contributed by atoms with Crippen LogP contribution in [0, 0.1) is 0 Å². The van der Waals surface area contributed by atoms with Gasteiger partial charge in [-0.05, 0) is 6.42 Å². The molecule has 12 nitrogen and oxygen atoms in total. The number of hydrogen-bond donors (Lipinski definition) is 4. The van der Waals surface area contributed by atoms with Crippen molar-refractivity contribution in [2.75, 3.05) is 44.2 Å². The second kappa shape index (κ2) is 21.8. The highest BCUT2D eigenvalue weighted by Gasteiger charge is 2.23. The molecule has 1 unspecified atom stereocenters. The second-order valence-electron chi connectivity index (χ2n) is 11.0. The van der Waals surface area contributed by atoms with Gasteiger partial charge in [0, 0.05) is 6.61 Å². The van der Waals surface area contributed by atoms with Gasteiger partial charge in [-0.3, -0.25) is 4.57 Å². The highest BCUT2D eigenvalue weighted by molar-refractivity contribution is 7.52. The summed E-state index contributed by atoms with van der Waals surface area (Å²) in [7, 11) is -4.01. The number of anilines is 2. The maximum absolute atomic E-state index is 12.3. The van der Waals surface area contributed by atoms with Crippen LogP contribution in [0.25, 0.3) is 11.2 Å². The third-order valence-electron chi connectivity index (χ3n) is 7.25. The quantitative estimate of drug-likeness (QED) is 0.0704. The Morgan fingerprint density at radius 1 is 0.857 bits per heavy atom. The fourth-order valence-electron chi connectivity index (χ4n) is 4.83. The van der Waals surface area contributed by atoms with Crippen molar-refractivity contribution in [2.24, 2.45) is 0 Å². The molecule has 2 rings (SSSR count). The summed E-state index contributed by atoms with van der Waals surface area (Å²) in [6, 6.07) is 0. The first-order chi connectivity index (χ1) is 20.4. The number of ether oxygens (including phenoxy) is 2. The van der Waals surface area contributed by atoms with Gasteiger partial charge in [-0.1, -0.05) is 103 Å². The van der Waals surface area contributed by atoms with E-state index < -0.39 is 26.7 Å². The molecule has 0 spiro atoms. The van der Waals surface area contributed by atoms with E-state index in [1.54, 1.807) is 4.57 Å². The van der Waals surface area contributed by atoms with E-state index in [9.17, 15) is 14.6 Å². The van der Waals surface area contributed by atoms with Crippen molar-refractivity contribution in [1.82, 2.24) is 19.5 Å². The zero-order chi connectivity index (χ0) is 30.5. The Morgan fingerprint density at radius 3 is 2.00 bits per heavy atom. The van der Waals surface area contributed by atoms with Crippen molar-refractivity contribution in [3.05, 3.63) is 6.33 Å². The normalized spacial score (nSPS) is 14.0. The lowest BCUT2D eigenvalue weighted by molar-refractivity contribution is 0.0160. The van der Waals surface area contributed by atoms with Crippen LogP contribution in [0.15, 0.2) is 6.33 Å². The van der Waals surface area contributed by atoms with E-state index in [0.29, 0.717) is 17.8 Å². The summed E-state index contributed by atoms with van der Waals surface area (Å²) >= 11 is 0. The molecular formula is C29H55N6O6P. The highest BCUT2D eigenvalue weighted by atomic mass is 31.2. The number of nitrogens with two attached hydrogens (primary N) is 2. The summed E-state index contributed by atoms with van der Waals surface area (Å²) in [5.41, 5.74) is 12.2. The van der Waals surface area contributed by atoms with Crippen molar-refractivity contribution >= 4 is 30.5 Å². The van der Waals surface area contributed by atoms with Crippen LogP contribution in [-0.2, 0) is 25.1 Å². The van der Waals surface area contributed by atoms with Crippen LogP contribution < -0.4 is 11.5 Å². The van der Waals surface area contributed by atoms with E-state index in [1.807, 2.05) is 0 Å². The van der Waals surface area contributed by atoms with Crippen molar-refractivity contribution in [3.63, 3.8) is 0 Å². The fourth-order valence-corrected chi connectivity index (χ4v) is 5.66. The predicted octanol–water partition coefficient (Wildman–Crippen LogP) is 5.81. The zero-order valence-corrected chi connectivity index (χ0v) is 26.5. The van der Waals surface area contributed by atoms with Gasteiger partial charge in [0.15, 0.2) is 11.5 Å². The van der Waals surface area contributed by atoms with Crippen molar-refractivity contribution < 1.29 is 28.6 Å². The number of hydrogen-bond acceptors (Lipinski definition) is 10. The van der Waals surface area contributed by atoms with Crippen LogP contribution >= 0.6 is 7.60 Å². The lowest BCUT2D eigenvalue weighted by Crippen LogP contribution is -2.25. The standard InChI is InChI=1S/C29H55N6O6P/c1-2-3-4-5-6-7-8-9-10-11-12-13-14-15-16-17-18-39-19-20-41-42(37,38)24-40-25(22-36)21-35-23-32-26-27(30)33-29(31)34-28(26)35/h23,25,36H,2-22,24H2,1H3,(H,37,38)(H4,30,31,33,34)/t25-/m0/s1.